The number of nitrogens with one attached hydrogen (secondary N) is 1. The summed E-state index contributed by atoms with van der Waals surface area (Å²) in [5, 5.41) is 23.1. The van der Waals surface area contributed by atoms with Gasteiger partial charge in [0.25, 0.3) is 0 Å². The molecule has 1 amide bonds. The molecule has 2 unspecified atom stereocenters. The Morgan fingerprint density at radius 1 is 0.365 bits per heavy atom. The van der Waals surface area contributed by atoms with Crippen molar-refractivity contribution in [2.45, 2.75) is 386 Å². The van der Waals surface area contributed by atoms with Crippen LogP contribution < -0.4 is 5.32 Å². The first-order valence-electron chi connectivity index (χ1n) is 33.6. The molecule has 0 saturated carbocycles. The van der Waals surface area contributed by atoms with E-state index < -0.39 is 12.1 Å². The van der Waals surface area contributed by atoms with Gasteiger partial charge in [0.05, 0.1) is 25.4 Å². The van der Waals surface area contributed by atoms with Gasteiger partial charge in [-0.05, 0) is 77.0 Å². The van der Waals surface area contributed by atoms with Crippen molar-refractivity contribution in [1.82, 2.24) is 5.32 Å². The van der Waals surface area contributed by atoms with E-state index in [1.54, 1.807) is 0 Å². The first kappa shape index (κ1) is 72.3. The van der Waals surface area contributed by atoms with Crippen molar-refractivity contribution in [3.8, 4) is 0 Å². The summed E-state index contributed by atoms with van der Waals surface area (Å²) in [5.41, 5.74) is 0. The Balaban J connectivity index is 3.31. The lowest BCUT2D eigenvalue weighted by atomic mass is 10.0. The minimum atomic E-state index is -0.659. The van der Waals surface area contributed by atoms with Crippen LogP contribution in [0.1, 0.15) is 373 Å². The number of unbranched alkanes of at least 4 members (excludes halogenated alkanes) is 48. The van der Waals surface area contributed by atoms with Crippen LogP contribution in [-0.2, 0) is 14.3 Å². The fourth-order valence-electron chi connectivity index (χ4n) is 10.6. The number of rotatable bonds is 63. The molecule has 0 bridgehead atoms. The maximum Gasteiger partial charge on any atom is 0.305 e. The zero-order valence-corrected chi connectivity index (χ0v) is 50.1. The second-order valence-electron chi connectivity index (χ2n) is 23.1. The van der Waals surface area contributed by atoms with E-state index in [4.69, 9.17) is 4.74 Å². The largest absolute Gasteiger partial charge is 0.466 e. The second kappa shape index (κ2) is 63.9. The number of ether oxygens (including phenoxy) is 1. The standard InChI is InChI=1S/C68H131NO5/c1-3-5-7-9-11-13-14-38-42-46-50-54-58-62-68(73)74-63-59-55-51-47-43-40-37-35-33-31-29-27-25-23-21-19-17-15-16-18-20-22-24-26-28-30-32-34-36-39-41-45-49-53-57-61-67(72)69-65(64-70)66(71)60-56-52-48-44-12-10-8-6-4-2/h13-14,17,19,65-66,70-71H,3-12,15-16,18,20-64H2,1-2H3,(H,69,72)/b14-13-,19-17-. The van der Waals surface area contributed by atoms with Crippen LogP contribution in [0.2, 0.25) is 0 Å². The Morgan fingerprint density at radius 2 is 0.635 bits per heavy atom. The number of aliphatic hydroxyl groups is 2. The van der Waals surface area contributed by atoms with Crippen molar-refractivity contribution >= 4 is 11.9 Å². The highest BCUT2D eigenvalue weighted by Gasteiger charge is 2.20. The molecule has 0 fully saturated rings. The zero-order chi connectivity index (χ0) is 53.6. The van der Waals surface area contributed by atoms with E-state index in [9.17, 15) is 19.8 Å². The maximum atomic E-state index is 12.4. The average molecular weight is 1040 g/mol. The zero-order valence-electron chi connectivity index (χ0n) is 50.1. The third-order valence-corrected chi connectivity index (χ3v) is 15.7. The third-order valence-electron chi connectivity index (χ3n) is 15.7. The summed E-state index contributed by atoms with van der Waals surface area (Å²) in [6, 6.07) is -0.536. The van der Waals surface area contributed by atoms with E-state index in [0.29, 0.717) is 25.9 Å². The van der Waals surface area contributed by atoms with Gasteiger partial charge < -0.3 is 20.3 Å². The van der Waals surface area contributed by atoms with Crippen molar-refractivity contribution in [3.05, 3.63) is 24.3 Å². The fourth-order valence-corrected chi connectivity index (χ4v) is 10.6. The van der Waals surface area contributed by atoms with E-state index in [-0.39, 0.29) is 18.5 Å². The highest BCUT2D eigenvalue weighted by atomic mass is 16.5. The van der Waals surface area contributed by atoms with E-state index in [0.717, 1.165) is 44.9 Å². The molecular formula is C68H131NO5. The number of carbonyl (C=O) groups excluding carboxylic acids is 2. The lowest BCUT2D eigenvalue weighted by Crippen LogP contribution is -2.45. The van der Waals surface area contributed by atoms with Gasteiger partial charge in [-0.15, -0.1) is 0 Å². The quantitative estimate of drug-likeness (QED) is 0.0320. The Labute approximate surface area is 462 Å². The highest BCUT2D eigenvalue weighted by molar-refractivity contribution is 5.76. The minimum Gasteiger partial charge on any atom is -0.466 e. The summed E-state index contributed by atoms with van der Waals surface area (Å²) in [4.78, 5) is 24.5. The van der Waals surface area contributed by atoms with Gasteiger partial charge in [0.1, 0.15) is 0 Å². The Hall–Kier alpha value is -1.66. The first-order valence-corrected chi connectivity index (χ1v) is 33.6. The maximum absolute atomic E-state index is 12.4. The minimum absolute atomic E-state index is 0.0111. The van der Waals surface area contributed by atoms with Gasteiger partial charge >= 0.3 is 5.97 Å². The topological polar surface area (TPSA) is 95.9 Å². The normalized spacial score (nSPS) is 12.6. The van der Waals surface area contributed by atoms with Gasteiger partial charge in [-0.2, -0.15) is 0 Å². The van der Waals surface area contributed by atoms with Crippen molar-refractivity contribution in [2.75, 3.05) is 13.2 Å². The van der Waals surface area contributed by atoms with Crippen molar-refractivity contribution < 1.29 is 24.5 Å². The number of esters is 1. The summed E-state index contributed by atoms with van der Waals surface area (Å²) < 4.78 is 5.48. The van der Waals surface area contributed by atoms with E-state index in [2.05, 4.69) is 43.5 Å². The molecule has 0 heterocycles. The summed E-state index contributed by atoms with van der Waals surface area (Å²) in [6.45, 7) is 4.94. The molecule has 0 aliphatic heterocycles. The molecule has 6 nitrogen and oxygen atoms in total. The summed E-state index contributed by atoms with van der Waals surface area (Å²) in [5.74, 6) is -0.0212. The third kappa shape index (κ3) is 59.6. The van der Waals surface area contributed by atoms with Crippen LogP contribution >= 0.6 is 0 Å². The van der Waals surface area contributed by atoms with Crippen LogP contribution in [0.5, 0.6) is 0 Å². The monoisotopic (exact) mass is 1040 g/mol. The molecule has 0 aromatic rings. The second-order valence-corrected chi connectivity index (χ2v) is 23.1. The molecule has 0 spiro atoms. The summed E-state index contributed by atoms with van der Waals surface area (Å²) in [7, 11) is 0. The highest BCUT2D eigenvalue weighted by Crippen LogP contribution is 2.18. The average Bonchev–Trinajstić information content (AvgIpc) is 3.40. The van der Waals surface area contributed by atoms with Crippen LogP contribution in [0.25, 0.3) is 0 Å². The van der Waals surface area contributed by atoms with Crippen LogP contribution in [0, 0.1) is 0 Å². The Bertz CT molecular complexity index is 1150. The molecule has 0 aliphatic rings. The molecule has 0 rings (SSSR count). The van der Waals surface area contributed by atoms with E-state index in [1.807, 2.05) is 0 Å². The van der Waals surface area contributed by atoms with Gasteiger partial charge in [0.2, 0.25) is 5.91 Å². The van der Waals surface area contributed by atoms with Gasteiger partial charge in [-0.1, -0.05) is 308 Å². The Kier molecular flexibility index (Phi) is 62.4. The predicted octanol–water partition coefficient (Wildman–Crippen LogP) is 21.4. The molecule has 3 N–H and O–H groups in total. The number of allylic oxidation sites excluding steroid dienone is 4. The lowest BCUT2D eigenvalue weighted by molar-refractivity contribution is -0.143. The summed E-state index contributed by atoms with van der Waals surface area (Å²) in [6.07, 6.45) is 79.6. The van der Waals surface area contributed by atoms with E-state index in [1.165, 1.54) is 295 Å². The SMILES string of the molecule is CCCCCC/C=C\CCCCCCCC(=O)OCCCCCCCCCCCCCCCC/C=C\CCCCCCCCCCCCCCCCCCCC(=O)NC(CO)C(O)CCCCCCCCCCC. The number of aliphatic hydroxyl groups excluding tert-OH is 2. The van der Waals surface area contributed by atoms with Crippen LogP contribution in [0.4, 0.5) is 0 Å². The predicted molar refractivity (Wildman–Crippen MR) is 324 cm³/mol. The lowest BCUT2D eigenvalue weighted by Gasteiger charge is -2.22. The molecule has 0 saturated heterocycles. The van der Waals surface area contributed by atoms with Crippen molar-refractivity contribution in [2.24, 2.45) is 0 Å². The van der Waals surface area contributed by atoms with Crippen LogP contribution in [0.3, 0.4) is 0 Å². The van der Waals surface area contributed by atoms with Crippen molar-refractivity contribution in [1.29, 1.82) is 0 Å². The summed E-state index contributed by atoms with van der Waals surface area (Å²) >= 11 is 0. The molecule has 0 aromatic carbocycles. The molecule has 0 aliphatic carbocycles. The molecule has 74 heavy (non-hydrogen) atoms. The molecule has 0 aromatic heterocycles. The Morgan fingerprint density at radius 3 is 0.973 bits per heavy atom. The van der Waals surface area contributed by atoms with Gasteiger partial charge in [0, 0.05) is 12.8 Å². The molecular weight excluding hydrogens is 911 g/mol. The number of hydrogen-bond donors (Lipinski definition) is 3. The van der Waals surface area contributed by atoms with Crippen LogP contribution in [-0.4, -0.2) is 47.4 Å². The fraction of sp³-hybridized carbons (Fsp3) is 0.912. The van der Waals surface area contributed by atoms with Gasteiger partial charge in [-0.3, -0.25) is 9.59 Å². The van der Waals surface area contributed by atoms with Crippen LogP contribution in [0.15, 0.2) is 24.3 Å². The number of hydrogen-bond acceptors (Lipinski definition) is 5. The number of amides is 1. The van der Waals surface area contributed by atoms with Gasteiger partial charge in [-0.25, -0.2) is 0 Å². The van der Waals surface area contributed by atoms with Gasteiger partial charge in [0.15, 0.2) is 0 Å². The first-order chi connectivity index (χ1) is 36.5. The van der Waals surface area contributed by atoms with Crippen molar-refractivity contribution in [3.63, 3.8) is 0 Å². The molecule has 6 heteroatoms. The smallest absolute Gasteiger partial charge is 0.305 e. The molecule has 2 atom stereocenters. The molecule has 0 radical (unpaired) electrons. The molecule has 438 valence electrons. The number of carbonyl (C=O) groups is 2. The van der Waals surface area contributed by atoms with E-state index >= 15 is 0 Å².